The Morgan fingerprint density at radius 1 is 1.31 bits per heavy atom. The maximum absolute atomic E-state index is 11.7. The molecule has 1 atom stereocenters. The number of hydrogen-bond donors (Lipinski definition) is 0. The predicted octanol–water partition coefficient (Wildman–Crippen LogP) is 3.25. The van der Waals surface area contributed by atoms with E-state index < -0.39 is 0 Å². The van der Waals surface area contributed by atoms with Crippen LogP contribution in [-0.4, -0.2) is 5.78 Å². The summed E-state index contributed by atoms with van der Waals surface area (Å²) in [5.41, 5.74) is 1.47. The fourth-order valence-electron chi connectivity index (χ4n) is 2.98. The van der Waals surface area contributed by atoms with E-state index in [1.54, 1.807) is 6.92 Å². The lowest BCUT2D eigenvalue weighted by atomic mass is 9.63. The number of fused-ring (bicyclic) bond motifs is 1. The van der Waals surface area contributed by atoms with Crippen molar-refractivity contribution in [3.63, 3.8) is 0 Å². The maximum Gasteiger partial charge on any atom is 0.139 e. The largest absolute Gasteiger partial charge is 0.299 e. The highest BCUT2D eigenvalue weighted by atomic mass is 16.1. The molecule has 0 bridgehead atoms. The second kappa shape index (κ2) is 3.28. The van der Waals surface area contributed by atoms with E-state index in [0.717, 1.165) is 12.8 Å². The summed E-state index contributed by atoms with van der Waals surface area (Å²) in [7, 11) is 0. The van der Waals surface area contributed by atoms with Gasteiger partial charge in [0.1, 0.15) is 5.78 Å². The average molecular weight is 178 g/mol. The lowest BCUT2D eigenvalue weighted by Crippen LogP contribution is -2.35. The van der Waals surface area contributed by atoms with E-state index in [1.165, 1.54) is 37.7 Å². The molecule has 0 radical (unpaired) electrons. The summed E-state index contributed by atoms with van der Waals surface area (Å²) in [4.78, 5) is 11.7. The Morgan fingerprint density at radius 2 is 2.08 bits per heavy atom. The van der Waals surface area contributed by atoms with Crippen molar-refractivity contribution in [3.05, 3.63) is 11.6 Å². The fourth-order valence-corrected chi connectivity index (χ4v) is 2.98. The van der Waals surface area contributed by atoms with E-state index >= 15 is 0 Å². The molecule has 1 heteroatoms. The first-order chi connectivity index (χ1) is 6.26. The standard InChI is InChI=1S/C12H18O/c1-10(13)12-8-4-2-6-11(12)7-3-5-9-12/h6H,2-5,7-9H2,1H3. The Hall–Kier alpha value is -0.590. The Kier molecular flexibility index (Phi) is 2.27. The summed E-state index contributed by atoms with van der Waals surface area (Å²) < 4.78 is 0. The highest BCUT2D eigenvalue weighted by Crippen LogP contribution is 2.47. The van der Waals surface area contributed by atoms with E-state index in [-0.39, 0.29) is 5.41 Å². The minimum Gasteiger partial charge on any atom is -0.299 e. The van der Waals surface area contributed by atoms with Crippen LogP contribution in [0.15, 0.2) is 11.6 Å². The summed E-state index contributed by atoms with van der Waals surface area (Å²) in [5, 5.41) is 0. The number of hydrogen-bond acceptors (Lipinski definition) is 1. The molecule has 1 fully saturated rings. The minimum absolute atomic E-state index is 0.00347. The van der Waals surface area contributed by atoms with Crippen LogP contribution in [0.3, 0.4) is 0 Å². The first-order valence-corrected chi connectivity index (χ1v) is 5.46. The summed E-state index contributed by atoms with van der Waals surface area (Å²) in [6.45, 7) is 1.78. The van der Waals surface area contributed by atoms with Gasteiger partial charge in [-0.15, -0.1) is 0 Å². The molecule has 1 unspecified atom stereocenters. The third-order valence-corrected chi connectivity index (χ3v) is 3.79. The quantitative estimate of drug-likeness (QED) is 0.563. The Morgan fingerprint density at radius 3 is 2.77 bits per heavy atom. The first kappa shape index (κ1) is 8.98. The van der Waals surface area contributed by atoms with Crippen LogP contribution < -0.4 is 0 Å². The normalized spacial score (nSPS) is 33.5. The Balaban J connectivity index is 2.33. The molecule has 1 saturated carbocycles. The van der Waals surface area contributed by atoms with Gasteiger partial charge in [0, 0.05) is 5.41 Å². The molecule has 0 aromatic rings. The topological polar surface area (TPSA) is 17.1 Å². The van der Waals surface area contributed by atoms with Crippen LogP contribution in [0, 0.1) is 5.41 Å². The highest BCUT2D eigenvalue weighted by molar-refractivity contribution is 5.86. The molecule has 0 saturated heterocycles. The summed E-state index contributed by atoms with van der Waals surface area (Å²) >= 11 is 0. The molecule has 1 nitrogen and oxygen atoms in total. The molecule has 13 heavy (non-hydrogen) atoms. The van der Waals surface area contributed by atoms with Gasteiger partial charge in [-0.3, -0.25) is 4.79 Å². The van der Waals surface area contributed by atoms with Gasteiger partial charge in [-0.25, -0.2) is 0 Å². The monoisotopic (exact) mass is 178 g/mol. The molecule has 0 N–H and O–H groups in total. The van der Waals surface area contributed by atoms with E-state index in [4.69, 9.17) is 0 Å². The average Bonchev–Trinajstić information content (AvgIpc) is 2.17. The van der Waals surface area contributed by atoms with Gasteiger partial charge in [0.05, 0.1) is 0 Å². The molecular formula is C12H18O. The van der Waals surface area contributed by atoms with Crippen molar-refractivity contribution in [2.24, 2.45) is 5.41 Å². The Labute approximate surface area is 80.2 Å². The van der Waals surface area contributed by atoms with Crippen molar-refractivity contribution in [1.82, 2.24) is 0 Å². The van der Waals surface area contributed by atoms with Gasteiger partial charge < -0.3 is 0 Å². The summed E-state index contributed by atoms with van der Waals surface area (Å²) in [5.74, 6) is 0.415. The third-order valence-electron chi connectivity index (χ3n) is 3.79. The molecule has 0 aromatic heterocycles. The zero-order valence-corrected chi connectivity index (χ0v) is 8.44. The van der Waals surface area contributed by atoms with Gasteiger partial charge in [0.15, 0.2) is 0 Å². The van der Waals surface area contributed by atoms with Gasteiger partial charge in [-0.05, 0) is 45.4 Å². The molecule has 0 aliphatic heterocycles. The number of carbonyl (C=O) groups is 1. The summed E-state index contributed by atoms with van der Waals surface area (Å²) in [6.07, 6.45) is 10.7. The van der Waals surface area contributed by atoms with Crippen molar-refractivity contribution >= 4 is 5.78 Å². The number of allylic oxidation sites excluding steroid dienone is 2. The van der Waals surface area contributed by atoms with E-state index in [2.05, 4.69) is 6.08 Å². The van der Waals surface area contributed by atoms with E-state index in [9.17, 15) is 4.79 Å². The van der Waals surface area contributed by atoms with Gasteiger partial charge in [0.2, 0.25) is 0 Å². The van der Waals surface area contributed by atoms with Crippen molar-refractivity contribution < 1.29 is 4.79 Å². The van der Waals surface area contributed by atoms with Crippen LogP contribution in [0.2, 0.25) is 0 Å². The van der Waals surface area contributed by atoms with Gasteiger partial charge in [-0.2, -0.15) is 0 Å². The summed E-state index contributed by atoms with van der Waals surface area (Å²) in [6, 6.07) is 0. The van der Waals surface area contributed by atoms with Crippen molar-refractivity contribution in [2.45, 2.75) is 51.9 Å². The lowest BCUT2D eigenvalue weighted by molar-refractivity contribution is -0.126. The molecule has 72 valence electrons. The molecule has 2 rings (SSSR count). The maximum atomic E-state index is 11.7. The number of Topliss-reactive ketones (excluding diaryl/α,β-unsaturated/α-hetero) is 1. The zero-order chi connectivity index (χ0) is 9.31. The molecule has 0 heterocycles. The third kappa shape index (κ3) is 1.34. The lowest BCUT2D eigenvalue weighted by Gasteiger charge is -2.40. The van der Waals surface area contributed by atoms with Crippen LogP contribution in [0.4, 0.5) is 0 Å². The van der Waals surface area contributed by atoms with Crippen LogP contribution in [0.25, 0.3) is 0 Å². The molecule has 0 amide bonds. The Bertz CT molecular complexity index is 252. The van der Waals surface area contributed by atoms with Gasteiger partial charge >= 0.3 is 0 Å². The van der Waals surface area contributed by atoms with E-state index in [1.807, 2.05) is 0 Å². The highest BCUT2D eigenvalue weighted by Gasteiger charge is 2.41. The SMILES string of the molecule is CC(=O)C12CCCC=C1CCCC2. The smallest absolute Gasteiger partial charge is 0.139 e. The number of rotatable bonds is 1. The predicted molar refractivity (Wildman–Crippen MR) is 53.5 cm³/mol. The van der Waals surface area contributed by atoms with Crippen LogP contribution in [0.1, 0.15) is 51.9 Å². The van der Waals surface area contributed by atoms with Crippen molar-refractivity contribution in [1.29, 1.82) is 0 Å². The molecular weight excluding hydrogens is 160 g/mol. The number of carbonyl (C=O) groups excluding carboxylic acids is 1. The molecule has 2 aliphatic rings. The van der Waals surface area contributed by atoms with E-state index in [0.29, 0.717) is 5.78 Å². The number of ketones is 1. The van der Waals surface area contributed by atoms with Gasteiger partial charge in [0.25, 0.3) is 0 Å². The second-order valence-corrected chi connectivity index (χ2v) is 4.47. The van der Waals surface area contributed by atoms with Crippen LogP contribution in [-0.2, 0) is 4.79 Å². The minimum atomic E-state index is -0.00347. The second-order valence-electron chi connectivity index (χ2n) is 4.47. The first-order valence-electron chi connectivity index (χ1n) is 5.46. The molecule has 0 spiro atoms. The van der Waals surface area contributed by atoms with Crippen molar-refractivity contribution in [3.8, 4) is 0 Å². The fraction of sp³-hybridized carbons (Fsp3) is 0.750. The molecule has 0 aromatic carbocycles. The van der Waals surface area contributed by atoms with Crippen LogP contribution in [0.5, 0.6) is 0 Å². The molecule has 2 aliphatic carbocycles. The van der Waals surface area contributed by atoms with Crippen LogP contribution >= 0.6 is 0 Å². The van der Waals surface area contributed by atoms with Gasteiger partial charge in [-0.1, -0.05) is 18.1 Å². The van der Waals surface area contributed by atoms with Crippen molar-refractivity contribution in [2.75, 3.05) is 0 Å². The zero-order valence-electron chi connectivity index (χ0n) is 8.44.